The maximum atomic E-state index is 11.8. The van der Waals surface area contributed by atoms with Crippen molar-refractivity contribution in [1.29, 1.82) is 0 Å². The average molecular weight is 269 g/mol. The van der Waals surface area contributed by atoms with Crippen LogP contribution in [0.25, 0.3) is 6.08 Å². The molecule has 0 aliphatic carbocycles. The minimum Gasteiger partial charge on any atom is -0.430 e. The summed E-state index contributed by atoms with van der Waals surface area (Å²) in [6.07, 6.45) is 0.141. The highest BCUT2D eigenvalue weighted by Gasteiger charge is 2.38. The number of aliphatic hydroxyl groups excluding tert-OH is 1. The fraction of sp³-hybridized carbons (Fsp3) is 0.308. The molecule has 1 fully saturated rings. The molecule has 1 N–H and O–H groups in total. The SMILES string of the molecule is CC1(C)OC(=O)C(=Cc2ccccc2Cl)C(O)O1. The van der Waals surface area contributed by atoms with Gasteiger partial charge in [-0.15, -0.1) is 0 Å². The highest BCUT2D eigenvalue weighted by Crippen LogP contribution is 2.28. The van der Waals surface area contributed by atoms with Gasteiger partial charge in [-0.3, -0.25) is 0 Å². The Bertz CT molecular complexity index is 507. The van der Waals surface area contributed by atoms with E-state index in [2.05, 4.69) is 0 Å². The molecule has 1 atom stereocenters. The number of carbonyl (C=O) groups excluding carboxylic acids is 1. The summed E-state index contributed by atoms with van der Waals surface area (Å²) in [6, 6.07) is 6.98. The monoisotopic (exact) mass is 268 g/mol. The molecule has 1 aromatic rings. The molecule has 1 aliphatic heterocycles. The number of cyclic esters (lactones) is 1. The van der Waals surface area contributed by atoms with Gasteiger partial charge in [-0.2, -0.15) is 0 Å². The summed E-state index contributed by atoms with van der Waals surface area (Å²) in [5, 5.41) is 10.3. The fourth-order valence-electron chi connectivity index (χ4n) is 1.63. The zero-order valence-corrected chi connectivity index (χ0v) is 10.8. The van der Waals surface area contributed by atoms with Crippen LogP contribution in [0.3, 0.4) is 0 Å². The first kappa shape index (κ1) is 13.1. The molecule has 1 aromatic carbocycles. The number of rotatable bonds is 1. The van der Waals surface area contributed by atoms with E-state index in [0.29, 0.717) is 10.6 Å². The Morgan fingerprint density at radius 1 is 1.39 bits per heavy atom. The molecule has 1 saturated heterocycles. The van der Waals surface area contributed by atoms with Gasteiger partial charge >= 0.3 is 5.97 Å². The van der Waals surface area contributed by atoms with Crippen molar-refractivity contribution < 1.29 is 19.4 Å². The zero-order valence-electron chi connectivity index (χ0n) is 10.0. The number of hydrogen-bond donors (Lipinski definition) is 1. The predicted octanol–water partition coefficient (Wildman–Crippen LogP) is 2.35. The molecule has 96 valence electrons. The van der Waals surface area contributed by atoms with E-state index in [1.807, 2.05) is 0 Å². The van der Waals surface area contributed by atoms with E-state index in [-0.39, 0.29) is 5.57 Å². The Hall–Kier alpha value is -1.36. The van der Waals surface area contributed by atoms with Gasteiger partial charge in [0.25, 0.3) is 0 Å². The summed E-state index contributed by atoms with van der Waals surface area (Å²) >= 11 is 5.98. The molecule has 5 heteroatoms. The van der Waals surface area contributed by atoms with Crippen molar-refractivity contribution in [3.05, 3.63) is 40.4 Å². The van der Waals surface area contributed by atoms with Gasteiger partial charge in [0.2, 0.25) is 5.79 Å². The molecule has 4 nitrogen and oxygen atoms in total. The molecule has 0 aromatic heterocycles. The molecular weight excluding hydrogens is 256 g/mol. The highest BCUT2D eigenvalue weighted by molar-refractivity contribution is 6.32. The summed E-state index contributed by atoms with van der Waals surface area (Å²) in [7, 11) is 0. The van der Waals surface area contributed by atoms with E-state index in [4.69, 9.17) is 21.1 Å². The van der Waals surface area contributed by atoms with Crippen molar-refractivity contribution in [3.63, 3.8) is 0 Å². The Kier molecular flexibility index (Phi) is 3.43. The van der Waals surface area contributed by atoms with E-state index in [1.165, 1.54) is 6.08 Å². The topological polar surface area (TPSA) is 55.8 Å². The average Bonchev–Trinajstić information content (AvgIpc) is 2.24. The van der Waals surface area contributed by atoms with Gasteiger partial charge in [0, 0.05) is 18.9 Å². The van der Waals surface area contributed by atoms with Crippen LogP contribution in [0.1, 0.15) is 19.4 Å². The predicted molar refractivity (Wildman–Crippen MR) is 66.7 cm³/mol. The van der Waals surface area contributed by atoms with Gasteiger partial charge in [0.15, 0.2) is 6.29 Å². The number of aliphatic hydroxyl groups is 1. The molecule has 0 spiro atoms. The molecule has 0 saturated carbocycles. The summed E-state index contributed by atoms with van der Waals surface area (Å²) in [5.41, 5.74) is 0.649. The molecule has 1 heterocycles. The Morgan fingerprint density at radius 3 is 2.67 bits per heavy atom. The number of esters is 1. The van der Waals surface area contributed by atoms with Crippen LogP contribution < -0.4 is 0 Å². The molecule has 2 rings (SSSR count). The summed E-state index contributed by atoms with van der Waals surface area (Å²) in [6.45, 7) is 3.11. The lowest BCUT2D eigenvalue weighted by molar-refractivity contribution is -0.279. The third kappa shape index (κ3) is 2.72. The Morgan fingerprint density at radius 2 is 2.06 bits per heavy atom. The van der Waals surface area contributed by atoms with Crippen LogP contribution in [-0.2, 0) is 14.3 Å². The van der Waals surface area contributed by atoms with Crippen LogP contribution in [0, 0.1) is 0 Å². The van der Waals surface area contributed by atoms with Crippen LogP contribution >= 0.6 is 11.6 Å². The van der Waals surface area contributed by atoms with Crippen molar-refractivity contribution >= 4 is 23.6 Å². The van der Waals surface area contributed by atoms with Crippen LogP contribution in [0.15, 0.2) is 29.8 Å². The van der Waals surface area contributed by atoms with Gasteiger partial charge in [-0.1, -0.05) is 29.8 Å². The van der Waals surface area contributed by atoms with Gasteiger partial charge < -0.3 is 14.6 Å². The standard InChI is InChI=1S/C13H13ClO4/c1-13(2)17-11(15)9(12(16)18-13)7-8-5-3-4-6-10(8)14/h3-7,11,15H,1-2H3. The second kappa shape index (κ2) is 4.72. The lowest BCUT2D eigenvalue weighted by atomic mass is 10.1. The lowest BCUT2D eigenvalue weighted by Crippen LogP contribution is -2.44. The second-order valence-corrected chi connectivity index (χ2v) is 4.79. The van der Waals surface area contributed by atoms with Gasteiger partial charge in [-0.25, -0.2) is 4.79 Å². The third-order valence-electron chi connectivity index (χ3n) is 2.45. The van der Waals surface area contributed by atoms with Gasteiger partial charge in [0.1, 0.15) is 0 Å². The highest BCUT2D eigenvalue weighted by atomic mass is 35.5. The van der Waals surface area contributed by atoms with E-state index in [1.54, 1.807) is 38.1 Å². The quantitative estimate of drug-likeness (QED) is 0.627. The Labute approximate surface area is 110 Å². The van der Waals surface area contributed by atoms with E-state index in [9.17, 15) is 9.90 Å². The number of benzene rings is 1. The maximum Gasteiger partial charge on any atom is 0.341 e. The second-order valence-electron chi connectivity index (χ2n) is 4.38. The minimum absolute atomic E-state index is 0.0300. The lowest BCUT2D eigenvalue weighted by Gasteiger charge is -2.34. The van der Waals surface area contributed by atoms with Crippen LogP contribution in [0.4, 0.5) is 0 Å². The van der Waals surface area contributed by atoms with E-state index in [0.717, 1.165) is 0 Å². The largest absolute Gasteiger partial charge is 0.430 e. The fourth-order valence-corrected chi connectivity index (χ4v) is 1.82. The Balaban J connectivity index is 2.34. The normalized spacial score (nSPS) is 25.0. The van der Waals surface area contributed by atoms with Gasteiger partial charge in [0.05, 0.1) is 5.57 Å². The molecule has 1 aliphatic rings. The number of halogens is 1. The van der Waals surface area contributed by atoms with Gasteiger partial charge in [-0.05, 0) is 17.7 Å². The van der Waals surface area contributed by atoms with E-state index < -0.39 is 18.0 Å². The molecular formula is C13H13ClO4. The first-order valence-electron chi connectivity index (χ1n) is 5.44. The molecule has 0 bridgehead atoms. The van der Waals surface area contributed by atoms with Crippen LogP contribution in [0.5, 0.6) is 0 Å². The van der Waals surface area contributed by atoms with Crippen molar-refractivity contribution in [2.45, 2.75) is 25.9 Å². The van der Waals surface area contributed by atoms with Crippen LogP contribution in [-0.4, -0.2) is 23.2 Å². The van der Waals surface area contributed by atoms with Crippen molar-refractivity contribution in [2.24, 2.45) is 0 Å². The van der Waals surface area contributed by atoms with Crippen LogP contribution in [0.2, 0.25) is 5.02 Å². The number of hydrogen-bond acceptors (Lipinski definition) is 4. The van der Waals surface area contributed by atoms with Crippen molar-refractivity contribution in [1.82, 2.24) is 0 Å². The van der Waals surface area contributed by atoms with E-state index >= 15 is 0 Å². The molecule has 1 unspecified atom stereocenters. The number of carbonyl (C=O) groups is 1. The van der Waals surface area contributed by atoms with Crippen molar-refractivity contribution in [3.8, 4) is 0 Å². The smallest absolute Gasteiger partial charge is 0.341 e. The molecule has 18 heavy (non-hydrogen) atoms. The maximum absolute atomic E-state index is 11.8. The first-order valence-corrected chi connectivity index (χ1v) is 5.82. The summed E-state index contributed by atoms with van der Waals surface area (Å²) in [4.78, 5) is 11.8. The first-order chi connectivity index (χ1) is 8.39. The summed E-state index contributed by atoms with van der Waals surface area (Å²) in [5.74, 6) is -1.74. The third-order valence-corrected chi connectivity index (χ3v) is 2.80. The number of ether oxygens (including phenoxy) is 2. The van der Waals surface area contributed by atoms with Crippen molar-refractivity contribution in [2.75, 3.05) is 0 Å². The summed E-state index contributed by atoms with van der Waals surface area (Å²) < 4.78 is 10.2. The minimum atomic E-state index is -1.32. The zero-order chi connectivity index (χ0) is 13.3. The molecule has 0 amide bonds. The molecule has 0 radical (unpaired) electrons.